The number of nitro groups is 1. The fraction of sp³-hybridized carbons (Fsp3) is 0.636. The molecule has 0 spiro atoms. The first-order valence-electron chi connectivity index (χ1n) is 5.96. The summed E-state index contributed by atoms with van der Waals surface area (Å²) >= 11 is 5.67. The maximum atomic E-state index is 10.9. The average molecular weight is 289 g/mol. The van der Waals surface area contributed by atoms with Crippen LogP contribution in [0.15, 0.2) is 6.20 Å². The van der Waals surface area contributed by atoms with Gasteiger partial charge in [0.25, 0.3) is 0 Å². The van der Waals surface area contributed by atoms with Crippen LogP contribution in [0.5, 0.6) is 0 Å². The summed E-state index contributed by atoms with van der Waals surface area (Å²) in [5.74, 6) is 0.336. The molecule has 7 nitrogen and oxygen atoms in total. The van der Waals surface area contributed by atoms with Gasteiger partial charge in [-0.05, 0) is 24.4 Å². The summed E-state index contributed by atoms with van der Waals surface area (Å²) in [6.45, 7) is 6.89. The van der Waals surface area contributed by atoms with Crippen LogP contribution >= 0.6 is 11.6 Å². The normalized spacial score (nSPS) is 12.5. The second-order valence-corrected chi connectivity index (χ2v) is 4.62. The van der Waals surface area contributed by atoms with Gasteiger partial charge >= 0.3 is 5.69 Å². The molecular formula is C11H17ClN4O3. The van der Waals surface area contributed by atoms with Gasteiger partial charge in [0.2, 0.25) is 11.1 Å². The Morgan fingerprint density at radius 2 is 2.26 bits per heavy atom. The lowest BCUT2D eigenvalue weighted by Gasteiger charge is -2.22. The number of nitrogens with one attached hydrogen (secondary N) is 1. The van der Waals surface area contributed by atoms with Crippen LogP contribution in [0.2, 0.25) is 5.28 Å². The van der Waals surface area contributed by atoms with E-state index in [1.54, 1.807) is 0 Å². The second kappa shape index (κ2) is 7.20. The van der Waals surface area contributed by atoms with Crippen LogP contribution < -0.4 is 5.32 Å². The van der Waals surface area contributed by atoms with E-state index in [-0.39, 0.29) is 28.7 Å². The van der Waals surface area contributed by atoms with Crippen LogP contribution in [0.3, 0.4) is 0 Å². The van der Waals surface area contributed by atoms with Gasteiger partial charge < -0.3 is 10.1 Å². The van der Waals surface area contributed by atoms with Crippen molar-refractivity contribution < 1.29 is 9.66 Å². The first kappa shape index (κ1) is 15.6. The maximum absolute atomic E-state index is 10.9. The molecule has 0 saturated carbocycles. The molecule has 0 aliphatic rings. The Balaban J connectivity index is 2.94. The van der Waals surface area contributed by atoms with Crippen LogP contribution in [0.25, 0.3) is 0 Å². The van der Waals surface area contributed by atoms with E-state index >= 15 is 0 Å². The first-order valence-corrected chi connectivity index (χ1v) is 6.34. The van der Waals surface area contributed by atoms with E-state index in [2.05, 4.69) is 15.3 Å². The van der Waals surface area contributed by atoms with Crippen molar-refractivity contribution in [2.45, 2.75) is 26.8 Å². The van der Waals surface area contributed by atoms with Gasteiger partial charge in [0.1, 0.15) is 6.20 Å². The molecule has 0 fully saturated rings. The van der Waals surface area contributed by atoms with E-state index < -0.39 is 4.92 Å². The number of ether oxygens (including phenoxy) is 1. The molecule has 8 heteroatoms. The second-order valence-electron chi connectivity index (χ2n) is 4.28. The van der Waals surface area contributed by atoms with Crippen LogP contribution in [0.4, 0.5) is 11.5 Å². The summed E-state index contributed by atoms with van der Waals surface area (Å²) in [6.07, 6.45) is 1.09. The summed E-state index contributed by atoms with van der Waals surface area (Å²) < 4.78 is 5.35. The Hall–Kier alpha value is -1.47. The van der Waals surface area contributed by atoms with Crippen molar-refractivity contribution in [3.05, 3.63) is 21.6 Å². The SMILES string of the molecule is CCOCC(Nc1nc(Cl)ncc1[N+](=O)[O-])C(C)C. The number of hydrogen-bond donors (Lipinski definition) is 1. The van der Waals surface area contributed by atoms with Crippen molar-refractivity contribution in [1.82, 2.24) is 9.97 Å². The van der Waals surface area contributed by atoms with Crippen molar-refractivity contribution in [1.29, 1.82) is 0 Å². The lowest BCUT2D eigenvalue weighted by molar-refractivity contribution is -0.384. The average Bonchev–Trinajstić information content (AvgIpc) is 2.33. The van der Waals surface area contributed by atoms with Crippen molar-refractivity contribution in [3.63, 3.8) is 0 Å². The minimum atomic E-state index is -0.545. The molecule has 1 N–H and O–H groups in total. The molecule has 1 atom stereocenters. The van der Waals surface area contributed by atoms with Gasteiger partial charge in [-0.25, -0.2) is 4.98 Å². The molecule has 0 aliphatic carbocycles. The zero-order valence-corrected chi connectivity index (χ0v) is 11.8. The van der Waals surface area contributed by atoms with Gasteiger partial charge in [0.15, 0.2) is 0 Å². The van der Waals surface area contributed by atoms with Crippen LogP contribution in [0.1, 0.15) is 20.8 Å². The third kappa shape index (κ3) is 4.60. The summed E-state index contributed by atoms with van der Waals surface area (Å²) in [6, 6.07) is -0.0929. The maximum Gasteiger partial charge on any atom is 0.329 e. The fourth-order valence-electron chi connectivity index (χ4n) is 1.41. The quantitative estimate of drug-likeness (QED) is 0.471. The molecule has 0 radical (unpaired) electrons. The lowest BCUT2D eigenvalue weighted by Crippen LogP contribution is -2.31. The number of rotatable bonds is 7. The zero-order chi connectivity index (χ0) is 14.4. The molecule has 0 saturated heterocycles. The van der Waals surface area contributed by atoms with E-state index in [1.165, 1.54) is 0 Å². The van der Waals surface area contributed by atoms with Crippen molar-refractivity contribution in [2.75, 3.05) is 18.5 Å². The highest BCUT2D eigenvalue weighted by Crippen LogP contribution is 2.24. The number of nitrogens with zero attached hydrogens (tertiary/aromatic N) is 3. The van der Waals surface area contributed by atoms with Crippen LogP contribution in [-0.2, 0) is 4.74 Å². The highest BCUT2D eigenvalue weighted by molar-refractivity contribution is 6.28. The molecular weight excluding hydrogens is 272 g/mol. The van der Waals surface area contributed by atoms with Gasteiger partial charge in [0.05, 0.1) is 17.6 Å². The molecule has 1 aromatic rings. The molecule has 106 valence electrons. The summed E-state index contributed by atoms with van der Waals surface area (Å²) in [4.78, 5) is 17.9. The predicted molar refractivity (Wildman–Crippen MR) is 72.4 cm³/mol. The number of anilines is 1. The van der Waals surface area contributed by atoms with Gasteiger partial charge in [0, 0.05) is 6.61 Å². The third-order valence-electron chi connectivity index (χ3n) is 2.57. The molecule has 1 heterocycles. The molecule has 1 unspecified atom stereocenters. The molecule has 1 rings (SSSR count). The Kier molecular flexibility index (Phi) is 5.91. The summed E-state index contributed by atoms with van der Waals surface area (Å²) in [7, 11) is 0. The van der Waals surface area contributed by atoms with Gasteiger partial charge in [-0.3, -0.25) is 10.1 Å². The van der Waals surface area contributed by atoms with E-state index in [0.717, 1.165) is 6.20 Å². The zero-order valence-electron chi connectivity index (χ0n) is 11.1. The lowest BCUT2D eigenvalue weighted by atomic mass is 10.1. The van der Waals surface area contributed by atoms with Crippen molar-refractivity contribution >= 4 is 23.1 Å². The number of hydrogen-bond acceptors (Lipinski definition) is 6. The Bertz CT molecular complexity index is 442. The van der Waals surface area contributed by atoms with Gasteiger partial charge in [-0.2, -0.15) is 4.98 Å². The summed E-state index contributed by atoms with van der Waals surface area (Å²) in [5, 5.41) is 13.9. The molecule has 19 heavy (non-hydrogen) atoms. The Morgan fingerprint density at radius 1 is 1.58 bits per heavy atom. The summed E-state index contributed by atoms with van der Waals surface area (Å²) in [5.41, 5.74) is -0.202. The minimum absolute atomic E-state index is 0.0352. The predicted octanol–water partition coefficient (Wildman–Crippen LogP) is 2.51. The Morgan fingerprint density at radius 3 is 2.79 bits per heavy atom. The van der Waals surface area contributed by atoms with Gasteiger partial charge in [-0.1, -0.05) is 13.8 Å². The smallest absolute Gasteiger partial charge is 0.329 e. The van der Waals surface area contributed by atoms with Gasteiger partial charge in [-0.15, -0.1) is 0 Å². The van der Waals surface area contributed by atoms with E-state index in [1.807, 2.05) is 20.8 Å². The van der Waals surface area contributed by atoms with E-state index in [9.17, 15) is 10.1 Å². The highest BCUT2D eigenvalue weighted by Gasteiger charge is 2.22. The van der Waals surface area contributed by atoms with E-state index in [0.29, 0.717) is 13.2 Å². The largest absolute Gasteiger partial charge is 0.380 e. The molecule has 0 amide bonds. The fourth-order valence-corrected chi connectivity index (χ4v) is 1.55. The third-order valence-corrected chi connectivity index (χ3v) is 2.75. The molecule has 0 bridgehead atoms. The molecule has 1 aromatic heterocycles. The Labute approximate surface area is 116 Å². The molecule has 0 aliphatic heterocycles. The van der Waals surface area contributed by atoms with E-state index in [4.69, 9.17) is 16.3 Å². The van der Waals surface area contributed by atoms with Crippen LogP contribution in [-0.4, -0.2) is 34.1 Å². The topological polar surface area (TPSA) is 90.2 Å². The van der Waals surface area contributed by atoms with Crippen molar-refractivity contribution in [2.24, 2.45) is 5.92 Å². The first-order chi connectivity index (χ1) is 8.95. The standard InChI is InChI=1S/C11H17ClN4O3/c1-4-19-6-8(7(2)3)14-10-9(16(17)18)5-13-11(12)15-10/h5,7-8H,4,6H2,1-3H3,(H,13,14,15). The minimum Gasteiger partial charge on any atom is -0.380 e. The number of halogens is 1. The number of aromatic nitrogens is 2. The van der Waals surface area contributed by atoms with Crippen LogP contribution in [0, 0.1) is 16.0 Å². The monoisotopic (exact) mass is 288 g/mol. The van der Waals surface area contributed by atoms with Crippen molar-refractivity contribution in [3.8, 4) is 0 Å². The molecule has 0 aromatic carbocycles. The highest BCUT2D eigenvalue weighted by atomic mass is 35.5.